The van der Waals surface area contributed by atoms with Gasteiger partial charge in [-0.2, -0.15) is 0 Å². The van der Waals surface area contributed by atoms with Gasteiger partial charge >= 0.3 is 0 Å². The molecule has 1 fully saturated rings. The lowest BCUT2D eigenvalue weighted by molar-refractivity contribution is -0.123. The summed E-state index contributed by atoms with van der Waals surface area (Å²) in [6.07, 6.45) is 4.50. The first-order valence-corrected chi connectivity index (χ1v) is 8.10. The molecule has 0 heterocycles. The van der Waals surface area contributed by atoms with Crippen molar-refractivity contribution in [2.75, 3.05) is 5.32 Å². The summed E-state index contributed by atoms with van der Waals surface area (Å²) < 4.78 is 0.782. The quantitative estimate of drug-likeness (QED) is 0.775. The van der Waals surface area contributed by atoms with Gasteiger partial charge in [0.2, 0.25) is 5.91 Å². The zero-order chi connectivity index (χ0) is 14.8. The number of amides is 1. The van der Waals surface area contributed by atoms with Gasteiger partial charge < -0.3 is 11.1 Å². The minimum Gasteiger partial charge on any atom is -0.392 e. The summed E-state index contributed by atoms with van der Waals surface area (Å²) in [5.74, 6) is -0.132. The van der Waals surface area contributed by atoms with E-state index in [1.165, 1.54) is 0 Å². The topological polar surface area (TPSA) is 55.1 Å². The molecule has 0 aromatic heterocycles. The zero-order valence-corrected chi connectivity index (χ0v) is 14.1. The lowest BCUT2D eigenvalue weighted by Crippen LogP contribution is -2.47. The van der Waals surface area contributed by atoms with E-state index >= 15 is 0 Å². The van der Waals surface area contributed by atoms with Gasteiger partial charge in [0.25, 0.3) is 0 Å². The van der Waals surface area contributed by atoms with Gasteiger partial charge in [-0.25, -0.2) is 0 Å². The summed E-state index contributed by atoms with van der Waals surface area (Å²) in [5, 5.41) is 3.47. The van der Waals surface area contributed by atoms with Gasteiger partial charge in [0.05, 0.1) is 16.1 Å². The molecule has 1 amide bonds. The average Bonchev–Trinajstić information content (AvgIpc) is 2.43. The second-order valence-electron chi connectivity index (χ2n) is 5.09. The maximum absolute atomic E-state index is 12.7. The molecular formula is C14H16BrClN2OS. The van der Waals surface area contributed by atoms with Crippen LogP contribution in [0.3, 0.4) is 0 Å². The second kappa shape index (κ2) is 6.41. The number of rotatable bonds is 3. The highest BCUT2D eigenvalue weighted by Crippen LogP contribution is 2.38. The van der Waals surface area contributed by atoms with E-state index in [0.717, 1.165) is 23.7 Å². The highest BCUT2D eigenvalue weighted by Gasteiger charge is 2.42. The summed E-state index contributed by atoms with van der Waals surface area (Å²) >= 11 is 14.5. The molecule has 2 rings (SSSR count). The predicted molar refractivity (Wildman–Crippen MR) is 90.1 cm³/mol. The van der Waals surface area contributed by atoms with Crippen LogP contribution in [0.4, 0.5) is 5.69 Å². The standard InChI is InChI=1S/C14H16BrClN2OS/c15-10-5-4-9(16)8-11(10)18-13(19)14(12(17)20)6-2-1-3-7-14/h4-5,8H,1-3,6-7H2,(H2,17,20)(H,18,19). The second-order valence-corrected chi connectivity index (χ2v) is 6.82. The van der Waals surface area contributed by atoms with E-state index in [1.807, 2.05) is 0 Å². The maximum atomic E-state index is 12.7. The lowest BCUT2D eigenvalue weighted by atomic mass is 9.73. The van der Waals surface area contributed by atoms with Crippen LogP contribution in [0.25, 0.3) is 0 Å². The molecule has 1 saturated carbocycles. The summed E-state index contributed by atoms with van der Waals surface area (Å²) in [6, 6.07) is 5.26. The van der Waals surface area contributed by atoms with Crippen LogP contribution in [-0.2, 0) is 4.79 Å². The van der Waals surface area contributed by atoms with E-state index in [2.05, 4.69) is 21.2 Å². The van der Waals surface area contributed by atoms with Crippen LogP contribution in [0, 0.1) is 5.41 Å². The molecule has 108 valence electrons. The van der Waals surface area contributed by atoms with Crippen LogP contribution >= 0.6 is 39.7 Å². The van der Waals surface area contributed by atoms with Crippen molar-refractivity contribution in [3.8, 4) is 0 Å². The molecule has 0 spiro atoms. The SMILES string of the molecule is NC(=S)C1(C(=O)Nc2cc(Cl)ccc2Br)CCCCC1. The predicted octanol–water partition coefficient (Wildman–Crippen LogP) is 4.28. The van der Waals surface area contributed by atoms with E-state index in [4.69, 9.17) is 29.6 Å². The fourth-order valence-corrected chi connectivity index (χ4v) is 3.39. The van der Waals surface area contributed by atoms with Crippen molar-refractivity contribution in [3.05, 3.63) is 27.7 Å². The van der Waals surface area contributed by atoms with Gasteiger partial charge in [0.15, 0.2) is 0 Å². The first-order chi connectivity index (χ1) is 9.45. The highest BCUT2D eigenvalue weighted by molar-refractivity contribution is 9.10. The van der Waals surface area contributed by atoms with E-state index in [1.54, 1.807) is 18.2 Å². The van der Waals surface area contributed by atoms with Gasteiger partial charge in [-0.3, -0.25) is 4.79 Å². The van der Waals surface area contributed by atoms with Gasteiger partial charge in [0, 0.05) is 9.50 Å². The number of benzene rings is 1. The van der Waals surface area contributed by atoms with Crippen LogP contribution in [0.2, 0.25) is 5.02 Å². The maximum Gasteiger partial charge on any atom is 0.237 e. The van der Waals surface area contributed by atoms with Gasteiger partial charge in [0.1, 0.15) is 0 Å². The fourth-order valence-electron chi connectivity index (χ4n) is 2.58. The monoisotopic (exact) mass is 374 g/mol. The molecule has 0 atom stereocenters. The molecule has 3 N–H and O–H groups in total. The van der Waals surface area contributed by atoms with Crippen molar-refractivity contribution in [3.63, 3.8) is 0 Å². The fraction of sp³-hybridized carbons (Fsp3) is 0.429. The van der Waals surface area contributed by atoms with Crippen LogP contribution in [-0.4, -0.2) is 10.9 Å². The van der Waals surface area contributed by atoms with E-state index in [9.17, 15) is 4.79 Å². The van der Waals surface area contributed by atoms with Gasteiger partial charge in [-0.05, 0) is 47.0 Å². The molecule has 6 heteroatoms. The van der Waals surface area contributed by atoms with E-state index in [0.29, 0.717) is 23.6 Å². The number of hydrogen-bond donors (Lipinski definition) is 2. The molecule has 20 heavy (non-hydrogen) atoms. The number of carbonyl (C=O) groups is 1. The first-order valence-electron chi connectivity index (χ1n) is 6.52. The number of hydrogen-bond acceptors (Lipinski definition) is 2. The lowest BCUT2D eigenvalue weighted by Gasteiger charge is -2.34. The Hall–Kier alpha value is -0.650. The van der Waals surface area contributed by atoms with Crippen molar-refractivity contribution < 1.29 is 4.79 Å². The Morgan fingerprint density at radius 3 is 2.60 bits per heavy atom. The third-order valence-corrected chi connectivity index (χ3v) is 5.11. The minimum absolute atomic E-state index is 0.132. The highest BCUT2D eigenvalue weighted by atomic mass is 79.9. The Bertz CT molecular complexity index is 544. The van der Waals surface area contributed by atoms with Crippen LogP contribution in [0.5, 0.6) is 0 Å². The number of nitrogens with two attached hydrogens (primary N) is 1. The molecule has 0 saturated heterocycles. The van der Waals surface area contributed by atoms with Crippen molar-refractivity contribution in [1.29, 1.82) is 0 Å². The van der Waals surface area contributed by atoms with Crippen LogP contribution < -0.4 is 11.1 Å². The summed E-state index contributed by atoms with van der Waals surface area (Å²) in [6.45, 7) is 0. The Balaban J connectivity index is 2.25. The molecule has 1 aromatic carbocycles. The number of halogens is 2. The van der Waals surface area contributed by atoms with Crippen molar-refractivity contribution >= 4 is 56.3 Å². The van der Waals surface area contributed by atoms with Crippen molar-refractivity contribution in [1.82, 2.24) is 0 Å². The molecule has 3 nitrogen and oxygen atoms in total. The van der Waals surface area contributed by atoms with E-state index in [-0.39, 0.29) is 10.9 Å². The third kappa shape index (κ3) is 3.15. The van der Waals surface area contributed by atoms with E-state index < -0.39 is 5.41 Å². The minimum atomic E-state index is -0.727. The Labute approximate surface area is 137 Å². The molecule has 0 unspecified atom stereocenters. The molecule has 1 aromatic rings. The third-order valence-electron chi connectivity index (χ3n) is 3.79. The molecular weight excluding hydrogens is 360 g/mol. The number of carbonyl (C=O) groups excluding carboxylic acids is 1. The molecule has 0 aliphatic heterocycles. The average molecular weight is 376 g/mol. The summed E-state index contributed by atoms with van der Waals surface area (Å²) in [7, 11) is 0. The smallest absolute Gasteiger partial charge is 0.237 e. The normalized spacial score (nSPS) is 17.5. The Morgan fingerprint density at radius 1 is 1.35 bits per heavy atom. The molecule has 0 bridgehead atoms. The molecule has 0 radical (unpaired) electrons. The Morgan fingerprint density at radius 2 is 2.00 bits per heavy atom. The largest absolute Gasteiger partial charge is 0.392 e. The van der Waals surface area contributed by atoms with Crippen LogP contribution in [0.1, 0.15) is 32.1 Å². The number of nitrogens with one attached hydrogen (secondary N) is 1. The number of thiocarbonyl (C=S) groups is 1. The molecule has 1 aliphatic carbocycles. The first kappa shape index (κ1) is 15.7. The summed E-state index contributed by atoms with van der Waals surface area (Å²) in [4.78, 5) is 12.9. The van der Waals surface area contributed by atoms with Crippen molar-refractivity contribution in [2.45, 2.75) is 32.1 Å². The zero-order valence-electron chi connectivity index (χ0n) is 10.9. The van der Waals surface area contributed by atoms with Gasteiger partial charge in [-0.1, -0.05) is 43.1 Å². The van der Waals surface area contributed by atoms with Crippen molar-refractivity contribution in [2.24, 2.45) is 11.1 Å². The Kier molecular flexibility index (Phi) is 5.04. The number of anilines is 1. The summed E-state index contributed by atoms with van der Waals surface area (Å²) in [5.41, 5.74) is 5.77. The molecule has 1 aliphatic rings. The van der Waals surface area contributed by atoms with Crippen LogP contribution in [0.15, 0.2) is 22.7 Å². The van der Waals surface area contributed by atoms with Gasteiger partial charge in [-0.15, -0.1) is 0 Å².